The standard InChI is InChI=1S/C9H15NS2/c1-3-11-7-9(10-2)8-4-5-12-6-8/h4-6,9-10H,3,7H2,1-2H3. The van der Waals surface area contributed by atoms with Gasteiger partial charge in [0, 0.05) is 11.8 Å². The summed E-state index contributed by atoms with van der Waals surface area (Å²) in [4.78, 5) is 0. The molecule has 1 heterocycles. The van der Waals surface area contributed by atoms with Crippen LogP contribution in [0.1, 0.15) is 18.5 Å². The maximum Gasteiger partial charge on any atom is 0.0417 e. The fourth-order valence-corrected chi connectivity index (χ4v) is 2.60. The van der Waals surface area contributed by atoms with Crippen LogP contribution in [0, 0.1) is 0 Å². The second-order valence-corrected chi connectivity index (χ2v) is 4.66. The van der Waals surface area contributed by atoms with Crippen molar-refractivity contribution in [2.75, 3.05) is 18.6 Å². The predicted octanol–water partition coefficient (Wildman–Crippen LogP) is 2.76. The maximum atomic E-state index is 3.33. The van der Waals surface area contributed by atoms with Gasteiger partial charge in [0.15, 0.2) is 0 Å². The molecule has 0 spiro atoms. The number of hydrogen-bond donors (Lipinski definition) is 1. The highest BCUT2D eigenvalue weighted by atomic mass is 32.2. The van der Waals surface area contributed by atoms with Gasteiger partial charge in [-0.2, -0.15) is 23.1 Å². The van der Waals surface area contributed by atoms with Gasteiger partial charge in [0.2, 0.25) is 0 Å². The second kappa shape index (κ2) is 5.62. The number of rotatable bonds is 5. The molecule has 1 aromatic rings. The first kappa shape index (κ1) is 10.1. The lowest BCUT2D eigenvalue weighted by atomic mass is 10.2. The topological polar surface area (TPSA) is 12.0 Å². The SMILES string of the molecule is CCSCC(NC)c1ccsc1. The Kier molecular flexibility index (Phi) is 4.73. The molecular weight excluding hydrogens is 186 g/mol. The van der Waals surface area contributed by atoms with Crippen LogP contribution in [0.2, 0.25) is 0 Å². The normalized spacial score (nSPS) is 13.2. The minimum atomic E-state index is 0.529. The third-order valence-corrected chi connectivity index (χ3v) is 3.46. The first-order chi connectivity index (χ1) is 5.88. The Bertz CT molecular complexity index is 196. The number of nitrogens with one attached hydrogen (secondary N) is 1. The van der Waals surface area contributed by atoms with E-state index in [1.54, 1.807) is 11.3 Å². The fourth-order valence-electron chi connectivity index (χ4n) is 1.06. The molecule has 0 aliphatic heterocycles. The Hall–Kier alpha value is 0.01000. The lowest BCUT2D eigenvalue weighted by Crippen LogP contribution is -2.18. The second-order valence-electron chi connectivity index (χ2n) is 2.56. The monoisotopic (exact) mass is 201 g/mol. The average molecular weight is 201 g/mol. The predicted molar refractivity (Wildman–Crippen MR) is 59.1 cm³/mol. The lowest BCUT2D eigenvalue weighted by molar-refractivity contribution is 0.664. The molecule has 0 saturated heterocycles. The highest BCUT2D eigenvalue weighted by Crippen LogP contribution is 2.19. The van der Waals surface area contributed by atoms with Crippen molar-refractivity contribution < 1.29 is 0 Å². The summed E-state index contributed by atoms with van der Waals surface area (Å²) in [7, 11) is 2.03. The van der Waals surface area contributed by atoms with Crippen LogP contribution in [-0.4, -0.2) is 18.6 Å². The van der Waals surface area contributed by atoms with Crippen LogP contribution < -0.4 is 5.32 Å². The van der Waals surface area contributed by atoms with Crippen LogP contribution >= 0.6 is 23.1 Å². The van der Waals surface area contributed by atoms with E-state index in [-0.39, 0.29) is 0 Å². The van der Waals surface area contributed by atoms with E-state index < -0.39 is 0 Å². The quantitative estimate of drug-likeness (QED) is 0.786. The molecule has 68 valence electrons. The van der Waals surface area contributed by atoms with Gasteiger partial charge in [-0.3, -0.25) is 0 Å². The van der Waals surface area contributed by atoms with Crippen LogP contribution in [0.3, 0.4) is 0 Å². The van der Waals surface area contributed by atoms with Gasteiger partial charge in [-0.25, -0.2) is 0 Å². The largest absolute Gasteiger partial charge is 0.312 e. The van der Waals surface area contributed by atoms with Gasteiger partial charge in [0.1, 0.15) is 0 Å². The number of thiophene rings is 1. The maximum absolute atomic E-state index is 3.33. The van der Waals surface area contributed by atoms with E-state index in [0.717, 1.165) is 0 Å². The zero-order chi connectivity index (χ0) is 8.81. The van der Waals surface area contributed by atoms with Gasteiger partial charge >= 0.3 is 0 Å². The molecular formula is C9H15NS2. The van der Waals surface area contributed by atoms with Crippen molar-refractivity contribution in [3.8, 4) is 0 Å². The molecule has 12 heavy (non-hydrogen) atoms. The molecule has 0 saturated carbocycles. The summed E-state index contributed by atoms with van der Waals surface area (Å²) in [6, 6.07) is 2.73. The van der Waals surface area contributed by atoms with Crippen molar-refractivity contribution in [3.05, 3.63) is 22.4 Å². The molecule has 0 radical (unpaired) electrons. The highest BCUT2D eigenvalue weighted by molar-refractivity contribution is 7.99. The van der Waals surface area contributed by atoms with E-state index in [1.807, 2.05) is 18.8 Å². The smallest absolute Gasteiger partial charge is 0.0417 e. The molecule has 0 aliphatic carbocycles. The van der Waals surface area contributed by atoms with Crippen molar-refractivity contribution in [2.24, 2.45) is 0 Å². The summed E-state index contributed by atoms with van der Waals surface area (Å²) in [5, 5.41) is 7.68. The Balaban J connectivity index is 2.45. The molecule has 0 fully saturated rings. The van der Waals surface area contributed by atoms with E-state index in [9.17, 15) is 0 Å². The van der Waals surface area contributed by atoms with Crippen molar-refractivity contribution in [3.63, 3.8) is 0 Å². The minimum Gasteiger partial charge on any atom is -0.312 e. The molecule has 1 rings (SSSR count). The van der Waals surface area contributed by atoms with Crippen LogP contribution in [0.4, 0.5) is 0 Å². The highest BCUT2D eigenvalue weighted by Gasteiger charge is 2.07. The van der Waals surface area contributed by atoms with Crippen LogP contribution in [0.5, 0.6) is 0 Å². The molecule has 1 nitrogen and oxygen atoms in total. The Morgan fingerprint density at radius 3 is 3.00 bits per heavy atom. The van der Waals surface area contributed by atoms with Gasteiger partial charge < -0.3 is 5.32 Å². The fraction of sp³-hybridized carbons (Fsp3) is 0.556. The Labute approximate surface area is 82.6 Å². The van der Waals surface area contributed by atoms with Crippen molar-refractivity contribution >= 4 is 23.1 Å². The first-order valence-electron chi connectivity index (χ1n) is 4.15. The van der Waals surface area contributed by atoms with E-state index in [4.69, 9.17) is 0 Å². The van der Waals surface area contributed by atoms with Gasteiger partial charge in [0.25, 0.3) is 0 Å². The molecule has 1 unspecified atom stereocenters. The molecule has 0 aromatic carbocycles. The molecule has 3 heteroatoms. The number of thioether (sulfide) groups is 1. The van der Waals surface area contributed by atoms with Crippen molar-refractivity contribution in [1.82, 2.24) is 5.32 Å². The summed E-state index contributed by atoms with van der Waals surface area (Å²) in [6.07, 6.45) is 0. The minimum absolute atomic E-state index is 0.529. The summed E-state index contributed by atoms with van der Waals surface area (Å²) >= 11 is 3.75. The summed E-state index contributed by atoms with van der Waals surface area (Å²) in [5.41, 5.74) is 1.42. The molecule has 1 atom stereocenters. The summed E-state index contributed by atoms with van der Waals surface area (Å²) in [5.74, 6) is 2.37. The van der Waals surface area contributed by atoms with E-state index >= 15 is 0 Å². The van der Waals surface area contributed by atoms with Gasteiger partial charge in [0.05, 0.1) is 0 Å². The molecule has 1 aromatic heterocycles. The van der Waals surface area contributed by atoms with Gasteiger partial charge in [-0.15, -0.1) is 0 Å². The van der Waals surface area contributed by atoms with Crippen LogP contribution in [0.25, 0.3) is 0 Å². The first-order valence-corrected chi connectivity index (χ1v) is 6.25. The summed E-state index contributed by atoms with van der Waals surface area (Å²) in [6.45, 7) is 2.20. The third-order valence-electron chi connectivity index (χ3n) is 1.78. The van der Waals surface area contributed by atoms with E-state index in [1.165, 1.54) is 17.1 Å². The van der Waals surface area contributed by atoms with Crippen molar-refractivity contribution in [1.29, 1.82) is 0 Å². The molecule has 0 amide bonds. The Morgan fingerprint density at radius 1 is 1.67 bits per heavy atom. The molecule has 0 aliphatic rings. The van der Waals surface area contributed by atoms with Gasteiger partial charge in [-0.05, 0) is 35.2 Å². The molecule has 0 bridgehead atoms. The zero-order valence-corrected chi connectivity index (χ0v) is 9.17. The zero-order valence-electron chi connectivity index (χ0n) is 7.54. The lowest BCUT2D eigenvalue weighted by Gasteiger charge is -2.13. The average Bonchev–Trinajstić information content (AvgIpc) is 2.59. The van der Waals surface area contributed by atoms with Crippen LogP contribution in [0.15, 0.2) is 16.8 Å². The van der Waals surface area contributed by atoms with E-state index in [0.29, 0.717) is 6.04 Å². The van der Waals surface area contributed by atoms with Crippen LogP contribution in [-0.2, 0) is 0 Å². The van der Waals surface area contributed by atoms with E-state index in [2.05, 4.69) is 29.1 Å². The van der Waals surface area contributed by atoms with Gasteiger partial charge in [-0.1, -0.05) is 6.92 Å². The summed E-state index contributed by atoms with van der Waals surface area (Å²) < 4.78 is 0. The third kappa shape index (κ3) is 2.81. The number of hydrogen-bond acceptors (Lipinski definition) is 3. The Morgan fingerprint density at radius 2 is 2.50 bits per heavy atom. The molecule has 1 N–H and O–H groups in total. The van der Waals surface area contributed by atoms with Crippen molar-refractivity contribution in [2.45, 2.75) is 13.0 Å².